The van der Waals surface area contributed by atoms with Crippen molar-refractivity contribution in [2.24, 2.45) is 5.92 Å². The summed E-state index contributed by atoms with van der Waals surface area (Å²) < 4.78 is 4.90. The van der Waals surface area contributed by atoms with Gasteiger partial charge in [-0.1, -0.05) is 31.5 Å². The molecule has 1 aromatic carbocycles. The Bertz CT molecular complexity index is 483. The van der Waals surface area contributed by atoms with Crippen LogP contribution in [0.5, 0.6) is 0 Å². The molecule has 0 spiro atoms. The molecule has 0 aliphatic rings. The maximum absolute atomic E-state index is 12.1. The summed E-state index contributed by atoms with van der Waals surface area (Å²) in [4.78, 5) is 23.6. The highest BCUT2D eigenvalue weighted by Crippen LogP contribution is 2.06. The molecular weight excluding hydrogens is 280 g/mol. The summed E-state index contributed by atoms with van der Waals surface area (Å²) in [5.74, 6) is 0.266. The van der Waals surface area contributed by atoms with Crippen molar-refractivity contribution in [1.29, 1.82) is 0 Å². The third-order valence-corrected chi connectivity index (χ3v) is 3.18. The van der Waals surface area contributed by atoms with E-state index in [-0.39, 0.29) is 11.9 Å². The fourth-order valence-electron chi connectivity index (χ4n) is 2.12. The second kappa shape index (κ2) is 9.07. The van der Waals surface area contributed by atoms with Gasteiger partial charge < -0.3 is 15.4 Å². The van der Waals surface area contributed by atoms with Crippen LogP contribution in [0.2, 0.25) is 0 Å². The minimum atomic E-state index is -0.447. The number of rotatable bonds is 7. The summed E-state index contributed by atoms with van der Waals surface area (Å²) in [7, 11) is 0. The van der Waals surface area contributed by atoms with Gasteiger partial charge in [-0.2, -0.15) is 0 Å². The number of carbonyl (C=O) groups excluding carboxylic acids is 2. The monoisotopic (exact) mass is 306 g/mol. The van der Waals surface area contributed by atoms with Gasteiger partial charge in [0.05, 0.1) is 6.61 Å². The third-order valence-electron chi connectivity index (χ3n) is 3.18. The average molecular weight is 306 g/mol. The van der Waals surface area contributed by atoms with Gasteiger partial charge in [0.25, 0.3) is 5.91 Å². The van der Waals surface area contributed by atoms with Gasteiger partial charge in [-0.05, 0) is 38.3 Å². The van der Waals surface area contributed by atoms with Crippen molar-refractivity contribution in [3.63, 3.8) is 0 Å². The normalized spacial score (nSPS) is 11.9. The lowest BCUT2D eigenvalue weighted by Crippen LogP contribution is -2.44. The molecule has 0 radical (unpaired) electrons. The van der Waals surface area contributed by atoms with E-state index in [0.29, 0.717) is 24.6 Å². The number of benzene rings is 1. The summed E-state index contributed by atoms with van der Waals surface area (Å²) in [6, 6.07) is 7.24. The molecule has 2 N–H and O–H groups in total. The lowest BCUT2D eigenvalue weighted by atomic mass is 10.0. The van der Waals surface area contributed by atoms with Crippen molar-refractivity contribution in [1.82, 2.24) is 10.6 Å². The predicted molar refractivity (Wildman–Crippen MR) is 86.9 cm³/mol. The fraction of sp³-hybridized carbons (Fsp3) is 0.529. The zero-order valence-electron chi connectivity index (χ0n) is 13.8. The molecule has 122 valence electrons. The van der Waals surface area contributed by atoms with Crippen LogP contribution in [0.4, 0.5) is 4.79 Å². The summed E-state index contributed by atoms with van der Waals surface area (Å²) in [5, 5.41) is 5.65. The largest absolute Gasteiger partial charge is 0.450 e. The van der Waals surface area contributed by atoms with Crippen LogP contribution in [0.3, 0.4) is 0 Å². The minimum absolute atomic E-state index is 0.139. The first-order valence-electron chi connectivity index (χ1n) is 7.70. The highest BCUT2D eigenvalue weighted by atomic mass is 16.5. The number of ether oxygens (including phenoxy) is 1. The Morgan fingerprint density at radius 3 is 2.36 bits per heavy atom. The van der Waals surface area contributed by atoms with Crippen LogP contribution in [0.15, 0.2) is 24.3 Å². The Kier molecular flexibility index (Phi) is 7.43. The van der Waals surface area contributed by atoms with Gasteiger partial charge in [0, 0.05) is 18.2 Å². The van der Waals surface area contributed by atoms with Gasteiger partial charge >= 0.3 is 6.09 Å². The lowest BCUT2D eigenvalue weighted by Gasteiger charge is -2.20. The first kappa shape index (κ1) is 18.0. The number of hydrogen-bond donors (Lipinski definition) is 2. The van der Waals surface area contributed by atoms with E-state index < -0.39 is 6.09 Å². The molecule has 0 aliphatic heterocycles. The molecular formula is C17H26N2O3. The van der Waals surface area contributed by atoms with Crippen LogP contribution in [0.1, 0.15) is 43.1 Å². The molecule has 1 aromatic rings. The highest BCUT2D eigenvalue weighted by molar-refractivity contribution is 5.94. The van der Waals surface area contributed by atoms with E-state index in [2.05, 4.69) is 24.5 Å². The van der Waals surface area contributed by atoms with Crippen LogP contribution in [-0.2, 0) is 4.74 Å². The molecule has 1 rings (SSSR count). The Balaban J connectivity index is 2.56. The lowest BCUT2D eigenvalue weighted by molar-refractivity contribution is 0.0944. The maximum Gasteiger partial charge on any atom is 0.407 e. The molecule has 0 bridgehead atoms. The van der Waals surface area contributed by atoms with Crippen molar-refractivity contribution < 1.29 is 14.3 Å². The number of hydrogen-bond acceptors (Lipinski definition) is 3. The van der Waals surface area contributed by atoms with E-state index in [0.717, 1.165) is 12.0 Å². The van der Waals surface area contributed by atoms with E-state index in [1.807, 2.05) is 19.1 Å². The summed E-state index contributed by atoms with van der Waals surface area (Å²) in [5.41, 5.74) is 1.73. The van der Waals surface area contributed by atoms with E-state index in [1.165, 1.54) is 0 Å². The molecule has 0 saturated heterocycles. The fourth-order valence-corrected chi connectivity index (χ4v) is 2.12. The van der Waals surface area contributed by atoms with E-state index in [1.54, 1.807) is 19.1 Å². The van der Waals surface area contributed by atoms with Crippen molar-refractivity contribution in [2.75, 3.05) is 13.2 Å². The third kappa shape index (κ3) is 6.61. The average Bonchev–Trinajstić information content (AvgIpc) is 2.45. The van der Waals surface area contributed by atoms with Crippen LogP contribution in [0.25, 0.3) is 0 Å². The summed E-state index contributed by atoms with van der Waals surface area (Å²) in [6.45, 7) is 8.59. The molecule has 0 saturated carbocycles. The van der Waals surface area contributed by atoms with E-state index >= 15 is 0 Å². The number of alkyl carbamates (subject to hydrolysis) is 1. The molecule has 5 heteroatoms. The number of nitrogens with one attached hydrogen (secondary N) is 2. The van der Waals surface area contributed by atoms with Gasteiger partial charge in [0.1, 0.15) is 0 Å². The van der Waals surface area contributed by atoms with Crippen molar-refractivity contribution in [3.05, 3.63) is 35.4 Å². The smallest absolute Gasteiger partial charge is 0.407 e. The molecule has 0 heterocycles. The molecule has 1 atom stereocenters. The molecule has 5 nitrogen and oxygen atoms in total. The van der Waals surface area contributed by atoms with Crippen LogP contribution in [-0.4, -0.2) is 31.2 Å². The highest BCUT2D eigenvalue weighted by Gasteiger charge is 2.16. The predicted octanol–water partition coefficient (Wildman–Crippen LogP) is 2.89. The molecule has 0 fully saturated rings. The zero-order chi connectivity index (χ0) is 16.5. The SMILES string of the molecule is CCOC(=O)N[C@@H](CNC(=O)c1ccc(C)cc1)CC(C)C. The van der Waals surface area contributed by atoms with Crippen molar-refractivity contribution >= 4 is 12.0 Å². The second-order valence-corrected chi connectivity index (χ2v) is 5.77. The van der Waals surface area contributed by atoms with Gasteiger partial charge in [-0.3, -0.25) is 4.79 Å². The minimum Gasteiger partial charge on any atom is -0.450 e. The van der Waals surface area contributed by atoms with Crippen molar-refractivity contribution in [3.8, 4) is 0 Å². The first-order chi connectivity index (χ1) is 10.4. The first-order valence-corrected chi connectivity index (χ1v) is 7.70. The quantitative estimate of drug-likeness (QED) is 0.814. The Hall–Kier alpha value is -2.04. The Morgan fingerprint density at radius 1 is 1.18 bits per heavy atom. The van der Waals surface area contributed by atoms with Crippen LogP contribution < -0.4 is 10.6 Å². The second-order valence-electron chi connectivity index (χ2n) is 5.77. The molecule has 0 aromatic heterocycles. The van der Waals surface area contributed by atoms with E-state index in [9.17, 15) is 9.59 Å². The summed E-state index contributed by atoms with van der Waals surface area (Å²) >= 11 is 0. The van der Waals surface area contributed by atoms with Gasteiger partial charge in [-0.25, -0.2) is 4.79 Å². The van der Waals surface area contributed by atoms with Gasteiger partial charge in [0.2, 0.25) is 0 Å². The van der Waals surface area contributed by atoms with Gasteiger partial charge in [-0.15, -0.1) is 0 Å². The van der Waals surface area contributed by atoms with Crippen LogP contribution in [0, 0.1) is 12.8 Å². The van der Waals surface area contributed by atoms with E-state index in [4.69, 9.17) is 4.74 Å². The Labute approximate surface area is 132 Å². The Morgan fingerprint density at radius 2 is 1.82 bits per heavy atom. The summed E-state index contributed by atoms with van der Waals surface area (Å²) in [6.07, 6.45) is 0.324. The van der Waals surface area contributed by atoms with Crippen LogP contribution >= 0.6 is 0 Å². The number of carbonyl (C=O) groups is 2. The van der Waals surface area contributed by atoms with Gasteiger partial charge in [0.15, 0.2) is 0 Å². The standard InChI is InChI=1S/C17H26N2O3/c1-5-22-17(21)19-15(10-12(2)3)11-18-16(20)14-8-6-13(4)7-9-14/h6-9,12,15H,5,10-11H2,1-4H3,(H,18,20)(H,19,21)/t15-/m1/s1. The molecule has 0 unspecified atom stereocenters. The molecule has 22 heavy (non-hydrogen) atoms. The maximum atomic E-state index is 12.1. The van der Waals surface area contributed by atoms with Crippen molar-refractivity contribution in [2.45, 2.75) is 40.2 Å². The number of aryl methyl sites for hydroxylation is 1. The zero-order valence-corrected chi connectivity index (χ0v) is 13.8. The topological polar surface area (TPSA) is 67.4 Å². The molecule has 2 amide bonds. The molecule has 0 aliphatic carbocycles. The number of amides is 2.